The van der Waals surface area contributed by atoms with Gasteiger partial charge in [0.25, 0.3) is 0 Å². The van der Waals surface area contributed by atoms with Crippen molar-refractivity contribution in [1.29, 1.82) is 5.26 Å². The molecule has 0 saturated carbocycles. The van der Waals surface area contributed by atoms with E-state index in [1.54, 1.807) is 0 Å². The first-order chi connectivity index (χ1) is 8.91. The van der Waals surface area contributed by atoms with Crippen molar-refractivity contribution >= 4 is 5.57 Å². The molecule has 0 fully saturated rings. The van der Waals surface area contributed by atoms with Gasteiger partial charge in [0.05, 0.1) is 17.2 Å². The van der Waals surface area contributed by atoms with Crippen molar-refractivity contribution in [2.75, 3.05) is 0 Å². The van der Waals surface area contributed by atoms with E-state index in [-0.39, 0.29) is 22.5 Å². The van der Waals surface area contributed by atoms with Crippen LogP contribution in [0.15, 0.2) is 47.6 Å². The molecule has 0 bridgehead atoms. The highest BCUT2D eigenvalue weighted by molar-refractivity contribution is 5.78. The van der Waals surface area contributed by atoms with Crippen LogP contribution in [0, 0.1) is 11.3 Å². The zero-order chi connectivity index (χ0) is 14.0. The van der Waals surface area contributed by atoms with Crippen LogP contribution in [0.4, 0.5) is 13.2 Å². The van der Waals surface area contributed by atoms with Crippen LogP contribution in [0.3, 0.4) is 0 Å². The second-order valence-corrected chi connectivity index (χ2v) is 3.75. The van der Waals surface area contributed by atoms with E-state index in [2.05, 4.69) is 11.5 Å². The number of hydrogen-bond acceptors (Lipinski definition) is 2. The van der Waals surface area contributed by atoms with Gasteiger partial charge in [-0.1, -0.05) is 5.73 Å². The van der Waals surface area contributed by atoms with Gasteiger partial charge >= 0.3 is 6.18 Å². The third-order valence-electron chi connectivity index (χ3n) is 2.49. The smallest absolute Gasteiger partial charge is 0.416 e. The predicted molar refractivity (Wildman–Crippen MR) is 61.9 cm³/mol. The number of allylic oxidation sites excluding steroid dienone is 3. The maximum Gasteiger partial charge on any atom is 0.416 e. The van der Waals surface area contributed by atoms with E-state index in [0.717, 1.165) is 18.2 Å². The van der Waals surface area contributed by atoms with Gasteiger partial charge in [-0.2, -0.15) is 18.4 Å². The van der Waals surface area contributed by atoms with Crippen LogP contribution in [-0.2, 0) is 6.18 Å². The molecule has 0 heterocycles. The van der Waals surface area contributed by atoms with E-state index in [1.807, 2.05) is 6.07 Å². The Hall–Kier alpha value is -2.66. The van der Waals surface area contributed by atoms with Crippen molar-refractivity contribution in [3.05, 3.63) is 64.3 Å². The fraction of sp³-hybridized carbons (Fsp3) is 0.0714. The summed E-state index contributed by atoms with van der Waals surface area (Å²) in [6.45, 7) is 0. The predicted octanol–water partition coefficient (Wildman–Crippen LogP) is 3.73. The summed E-state index contributed by atoms with van der Waals surface area (Å²) < 4.78 is 37.9. The Morgan fingerprint density at radius 1 is 1.16 bits per heavy atom. The van der Waals surface area contributed by atoms with Gasteiger partial charge in [-0.05, 0) is 36.1 Å². The van der Waals surface area contributed by atoms with Crippen LogP contribution in [0.1, 0.15) is 16.7 Å². The molecular weight excluding hydrogens is 255 g/mol. The molecule has 0 radical (unpaired) electrons. The molecule has 94 valence electrons. The van der Waals surface area contributed by atoms with Crippen LogP contribution in [0.2, 0.25) is 0 Å². The molecule has 1 N–H and O–H groups in total. The Labute approximate surface area is 106 Å². The lowest BCUT2D eigenvalue weighted by Crippen LogP contribution is -2.06. The minimum atomic E-state index is -4.48. The summed E-state index contributed by atoms with van der Waals surface area (Å²) in [4.78, 5) is 0. The molecule has 2 rings (SSSR count). The molecule has 1 aliphatic carbocycles. The van der Waals surface area contributed by atoms with Crippen molar-refractivity contribution in [2.45, 2.75) is 6.18 Å². The van der Waals surface area contributed by atoms with E-state index in [4.69, 9.17) is 10.4 Å². The Morgan fingerprint density at radius 2 is 1.89 bits per heavy atom. The van der Waals surface area contributed by atoms with E-state index >= 15 is 0 Å². The second-order valence-electron chi connectivity index (χ2n) is 3.75. The summed E-state index contributed by atoms with van der Waals surface area (Å²) in [6, 6.07) is 4.67. The van der Waals surface area contributed by atoms with Crippen LogP contribution in [-0.4, -0.2) is 5.11 Å². The average molecular weight is 261 g/mol. The van der Waals surface area contributed by atoms with E-state index in [0.29, 0.717) is 0 Å². The van der Waals surface area contributed by atoms with Gasteiger partial charge in [-0.3, -0.25) is 0 Å². The van der Waals surface area contributed by atoms with Crippen molar-refractivity contribution < 1.29 is 18.3 Å². The third kappa shape index (κ3) is 2.61. The van der Waals surface area contributed by atoms with Gasteiger partial charge in [0.15, 0.2) is 5.76 Å². The number of rotatable bonds is 1. The van der Waals surface area contributed by atoms with Crippen LogP contribution in [0.25, 0.3) is 5.57 Å². The molecule has 1 aromatic carbocycles. The molecule has 1 aromatic rings. The first-order valence-electron chi connectivity index (χ1n) is 5.16. The average Bonchev–Trinajstić information content (AvgIpc) is 2.38. The topological polar surface area (TPSA) is 44.0 Å². The van der Waals surface area contributed by atoms with Crippen LogP contribution < -0.4 is 0 Å². The minimum Gasteiger partial charge on any atom is -0.501 e. The Bertz CT molecular complexity index is 707. The normalized spacial score (nSPS) is 13.8. The lowest BCUT2D eigenvalue weighted by molar-refractivity contribution is -0.137. The first kappa shape index (κ1) is 12.8. The highest BCUT2D eigenvalue weighted by Crippen LogP contribution is 2.32. The van der Waals surface area contributed by atoms with Crippen molar-refractivity contribution in [3.63, 3.8) is 0 Å². The number of nitrogens with zero attached hydrogens (tertiary/aromatic N) is 1. The molecular formula is C14H6F3NO. The molecule has 0 aromatic heterocycles. The van der Waals surface area contributed by atoms with Gasteiger partial charge in [0, 0.05) is 11.1 Å². The standard InChI is InChI=1S/C14H6F3NO/c15-14(16,17)11-4-1-10(8-18)13(7-11)9-2-5-12(19)6-3-9/h1-2,4-5,7,19H. The zero-order valence-corrected chi connectivity index (χ0v) is 9.42. The van der Waals surface area contributed by atoms with Gasteiger partial charge in [-0.15, -0.1) is 0 Å². The monoisotopic (exact) mass is 261 g/mol. The summed E-state index contributed by atoms with van der Waals surface area (Å²) in [6.07, 6.45) is -1.83. The number of nitriles is 1. The van der Waals surface area contributed by atoms with Crippen LogP contribution >= 0.6 is 0 Å². The minimum absolute atomic E-state index is 0.100. The molecule has 0 unspecified atom stereocenters. The maximum absolute atomic E-state index is 12.6. The molecule has 0 atom stereocenters. The van der Waals surface area contributed by atoms with Crippen molar-refractivity contribution in [1.82, 2.24) is 0 Å². The van der Waals surface area contributed by atoms with Gasteiger partial charge in [0.1, 0.15) is 0 Å². The summed E-state index contributed by atoms with van der Waals surface area (Å²) in [7, 11) is 0. The highest BCUT2D eigenvalue weighted by Gasteiger charge is 2.31. The lowest BCUT2D eigenvalue weighted by atomic mass is 9.97. The lowest BCUT2D eigenvalue weighted by Gasteiger charge is -2.10. The van der Waals surface area contributed by atoms with Crippen LogP contribution in [0.5, 0.6) is 0 Å². The molecule has 19 heavy (non-hydrogen) atoms. The molecule has 0 spiro atoms. The zero-order valence-electron chi connectivity index (χ0n) is 9.42. The molecule has 0 saturated heterocycles. The number of alkyl halides is 3. The summed E-state index contributed by atoms with van der Waals surface area (Å²) in [5.41, 5.74) is 4.49. The fourth-order valence-corrected chi connectivity index (χ4v) is 1.57. The largest absolute Gasteiger partial charge is 0.501 e. The van der Waals surface area contributed by atoms with Crippen molar-refractivity contribution in [3.8, 4) is 6.07 Å². The third-order valence-corrected chi connectivity index (χ3v) is 2.49. The summed E-state index contributed by atoms with van der Waals surface area (Å²) in [5, 5.41) is 18.0. The quantitative estimate of drug-likeness (QED) is 0.783. The number of hydrogen-bond donors (Lipinski definition) is 1. The summed E-state index contributed by atoms with van der Waals surface area (Å²) >= 11 is 0. The number of halogens is 3. The SMILES string of the molecule is N#Cc1ccc(C(F)(F)F)cc1C1=C=C=C(O)C=C1. The Kier molecular flexibility index (Phi) is 3.06. The second kappa shape index (κ2) is 4.55. The Morgan fingerprint density at radius 3 is 2.42 bits per heavy atom. The molecule has 0 aliphatic heterocycles. The first-order valence-corrected chi connectivity index (χ1v) is 5.16. The molecule has 1 aliphatic rings. The highest BCUT2D eigenvalue weighted by atomic mass is 19.4. The molecule has 0 amide bonds. The van der Waals surface area contributed by atoms with Gasteiger partial charge in [-0.25, -0.2) is 0 Å². The number of aliphatic hydroxyl groups excluding tert-OH is 1. The Balaban J connectivity index is 2.67. The van der Waals surface area contributed by atoms with E-state index in [1.165, 1.54) is 12.2 Å². The molecule has 2 nitrogen and oxygen atoms in total. The van der Waals surface area contributed by atoms with Crippen molar-refractivity contribution in [2.24, 2.45) is 0 Å². The van der Waals surface area contributed by atoms with Gasteiger partial charge in [0.2, 0.25) is 0 Å². The number of aliphatic hydroxyl groups is 1. The van der Waals surface area contributed by atoms with E-state index in [9.17, 15) is 13.2 Å². The fourth-order valence-electron chi connectivity index (χ4n) is 1.57. The van der Waals surface area contributed by atoms with E-state index < -0.39 is 11.7 Å². The molecule has 5 heteroatoms. The van der Waals surface area contributed by atoms with Gasteiger partial charge < -0.3 is 5.11 Å². The summed E-state index contributed by atoms with van der Waals surface area (Å²) in [5.74, 6) is -0.172. The maximum atomic E-state index is 12.6. The number of benzene rings is 1.